The van der Waals surface area contributed by atoms with Gasteiger partial charge in [0.25, 0.3) is 0 Å². The summed E-state index contributed by atoms with van der Waals surface area (Å²) in [7, 11) is 0. The molecule has 0 aliphatic rings. The minimum Gasteiger partial charge on any atom is -0.380 e. The van der Waals surface area contributed by atoms with Gasteiger partial charge in [0.1, 0.15) is 4.47 Å². The minimum atomic E-state index is 0.439. The predicted octanol–water partition coefficient (Wildman–Crippen LogP) is 2.61. The van der Waals surface area contributed by atoms with Gasteiger partial charge in [0, 0.05) is 6.42 Å². The molecule has 2 N–H and O–H groups in total. The number of hydrogen-bond acceptors (Lipinski definition) is 3. The lowest BCUT2D eigenvalue weighted by Crippen LogP contribution is -1.91. The summed E-state index contributed by atoms with van der Waals surface area (Å²) < 4.78 is 5.83. The molecular formula is C8H13BrN2O. The van der Waals surface area contributed by atoms with Crippen molar-refractivity contribution in [1.82, 2.24) is 5.16 Å². The Hall–Kier alpha value is -0.510. The van der Waals surface area contributed by atoms with Gasteiger partial charge >= 0.3 is 0 Å². The number of aromatic nitrogens is 1. The summed E-state index contributed by atoms with van der Waals surface area (Å²) in [6.07, 6.45) is 1.98. The van der Waals surface area contributed by atoms with Crippen molar-refractivity contribution in [3.63, 3.8) is 0 Å². The smallest absolute Gasteiger partial charge is 0.181 e. The Morgan fingerprint density at radius 1 is 1.58 bits per heavy atom. The van der Waals surface area contributed by atoms with Gasteiger partial charge in [0.05, 0.1) is 0 Å². The Kier molecular flexibility index (Phi) is 3.14. The SMILES string of the molecule is CC(C)CCc1onc(N)c1Br. The standard InChI is InChI=1S/C8H13BrN2O/c1-5(2)3-4-6-7(9)8(10)11-12-6/h5H,3-4H2,1-2H3,(H2,10,11). The van der Waals surface area contributed by atoms with Crippen LogP contribution in [0.2, 0.25) is 0 Å². The number of aryl methyl sites for hydroxylation is 1. The molecule has 0 aliphatic heterocycles. The second-order valence-corrected chi connectivity index (χ2v) is 4.03. The molecule has 0 fully saturated rings. The highest BCUT2D eigenvalue weighted by Gasteiger charge is 2.10. The number of nitrogen functional groups attached to an aromatic ring is 1. The maximum Gasteiger partial charge on any atom is 0.181 e. The molecule has 0 aliphatic carbocycles. The molecule has 1 rings (SSSR count). The van der Waals surface area contributed by atoms with Gasteiger partial charge in [-0.1, -0.05) is 19.0 Å². The lowest BCUT2D eigenvalue weighted by atomic mass is 10.1. The summed E-state index contributed by atoms with van der Waals surface area (Å²) in [4.78, 5) is 0. The largest absolute Gasteiger partial charge is 0.380 e. The monoisotopic (exact) mass is 232 g/mol. The Morgan fingerprint density at radius 3 is 2.67 bits per heavy atom. The second-order valence-electron chi connectivity index (χ2n) is 3.24. The summed E-state index contributed by atoms with van der Waals surface area (Å²) in [5, 5.41) is 3.65. The van der Waals surface area contributed by atoms with Gasteiger partial charge in [-0.2, -0.15) is 0 Å². The van der Waals surface area contributed by atoms with Gasteiger partial charge in [0.15, 0.2) is 11.6 Å². The maximum atomic E-state index is 5.50. The van der Waals surface area contributed by atoms with E-state index in [9.17, 15) is 0 Å². The molecule has 1 aromatic heterocycles. The van der Waals surface area contributed by atoms with Crippen molar-refractivity contribution < 1.29 is 4.52 Å². The Morgan fingerprint density at radius 2 is 2.25 bits per heavy atom. The van der Waals surface area contributed by atoms with Crippen molar-refractivity contribution in [1.29, 1.82) is 0 Å². The maximum absolute atomic E-state index is 5.50. The van der Waals surface area contributed by atoms with Gasteiger partial charge in [-0.3, -0.25) is 0 Å². The van der Waals surface area contributed by atoms with Crippen LogP contribution < -0.4 is 5.73 Å². The quantitative estimate of drug-likeness (QED) is 0.872. The molecule has 68 valence electrons. The molecular weight excluding hydrogens is 220 g/mol. The number of rotatable bonds is 3. The number of nitrogens with zero attached hydrogens (tertiary/aromatic N) is 1. The van der Waals surface area contributed by atoms with E-state index < -0.39 is 0 Å². The highest BCUT2D eigenvalue weighted by Crippen LogP contribution is 2.24. The zero-order chi connectivity index (χ0) is 9.14. The number of nitrogens with two attached hydrogens (primary N) is 1. The van der Waals surface area contributed by atoms with E-state index in [2.05, 4.69) is 34.9 Å². The van der Waals surface area contributed by atoms with Crippen molar-refractivity contribution in [2.24, 2.45) is 5.92 Å². The third-order valence-corrected chi connectivity index (χ3v) is 2.52. The molecule has 0 aromatic carbocycles. The van der Waals surface area contributed by atoms with Crippen molar-refractivity contribution in [2.75, 3.05) is 5.73 Å². The topological polar surface area (TPSA) is 52.0 Å². The molecule has 0 saturated heterocycles. The normalized spacial score (nSPS) is 11.0. The third kappa shape index (κ3) is 2.24. The van der Waals surface area contributed by atoms with E-state index in [1.807, 2.05) is 0 Å². The number of anilines is 1. The predicted molar refractivity (Wildman–Crippen MR) is 51.8 cm³/mol. The molecule has 0 unspecified atom stereocenters. The molecule has 0 saturated carbocycles. The summed E-state index contributed by atoms with van der Waals surface area (Å²) >= 11 is 3.32. The van der Waals surface area contributed by atoms with Crippen LogP contribution >= 0.6 is 15.9 Å². The summed E-state index contributed by atoms with van der Waals surface area (Å²) in [5.41, 5.74) is 5.50. The molecule has 0 spiro atoms. The fourth-order valence-electron chi connectivity index (χ4n) is 0.902. The van der Waals surface area contributed by atoms with Crippen LogP contribution in [0.25, 0.3) is 0 Å². The number of hydrogen-bond donors (Lipinski definition) is 1. The minimum absolute atomic E-state index is 0.439. The van der Waals surface area contributed by atoms with Gasteiger partial charge < -0.3 is 10.3 Å². The molecule has 0 amide bonds. The van der Waals surface area contributed by atoms with E-state index in [0.29, 0.717) is 11.7 Å². The molecule has 0 bridgehead atoms. The van der Waals surface area contributed by atoms with E-state index in [1.165, 1.54) is 0 Å². The zero-order valence-electron chi connectivity index (χ0n) is 7.30. The van der Waals surface area contributed by atoms with Gasteiger partial charge in [-0.25, -0.2) is 0 Å². The van der Waals surface area contributed by atoms with Crippen LogP contribution in [0.5, 0.6) is 0 Å². The molecule has 1 aromatic rings. The average Bonchev–Trinajstić information content (AvgIpc) is 2.30. The van der Waals surface area contributed by atoms with Crippen molar-refractivity contribution in [2.45, 2.75) is 26.7 Å². The lowest BCUT2D eigenvalue weighted by Gasteiger charge is -2.00. The first-order valence-electron chi connectivity index (χ1n) is 4.00. The Bertz CT molecular complexity index is 258. The second kappa shape index (κ2) is 3.94. The van der Waals surface area contributed by atoms with E-state index in [4.69, 9.17) is 10.3 Å². The molecule has 3 nitrogen and oxygen atoms in total. The fourth-order valence-corrected chi connectivity index (χ4v) is 1.25. The van der Waals surface area contributed by atoms with Crippen LogP contribution in [0.15, 0.2) is 9.00 Å². The first kappa shape index (κ1) is 9.58. The van der Waals surface area contributed by atoms with Gasteiger partial charge in [-0.05, 0) is 28.3 Å². The Labute approximate surface area is 80.4 Å². The zero-order valence-corrected chi connectivity index (χ0v) is 8.89. The number of halogens is 1. The summed E-state index contributed by atoms with van der Waals surface area (Å²) in [5.74, 6) is 1.96. The van der Waals surface area contributed by atoms with Crippen molar-refractivity contribution in [3.05, 3.63) is 10.2 Å². The first-order chi connectivity index (χ1) is 5.61. The van der Waals surface area contributed by atoms with Crippen LogP contribution in [0.4, 0.5) is 5.82 Å². The molecule has 0 atom stereocenters. The summed E-state index contributed by atoms with van der Waals surface area (Å²) in [6.45, 7) is 4.35. The van der Waals surface area contributed by atoms with Crippen LogP contribution in [-0.4, -0.2) is 5.16 Å². The van der Waals surface area contributed by atoms with E-state index >= 15 is 0 Å². The highest BCUT2D eigenvalue weighted by molar-refractivity contribution is 9.10. The lowest BCUT2D eigenvalue weighted by molar-refractivity contribution is 0.374. The van der Waals surface area contributed by atoms with Crippen LogP contribution in [-0.2, 0) is 6.42 Å². The fraction of sp³-hybridized carbons (Fsp3) is 0.625. The molecule has 4 heteroatoms. The van der Waals surface area contributed by atoms with E-state index in [0.717, 1.165) is 23.1 Å². The Balaban J connectivity index is 2.58. The van der Waals surface area contributed by atoms with Gasteiger partial charge in [-0.15, -0.1) is 0 Å². The molecule has 0 radical (unpaired) electrons. The third-order valence-electron chi connectivity index (χ3n) is 1.67. The molecule has 1 heterocycles. The van der Waals surface area contributed by atoms with Crippen molar-refractivity contribution in [3.8, 4) is 0 Å². The molecule has 12 heavy (non-hydrogen) atoms. The highest BCUT2D eigenvalue weighted by atomic mass is 79.9. The first-order valence-corrected chi connectivity index (χ1v) is 4.80. The van der Waals surface area contributed by atoms with Crippen LogP contribution in [0, 0.1) is 5.92 Å². The van der Waals surface area contributed by atoms with Gasteiger partial charge in [0.2, 0.25) is 0 Å². The van der Waals surface area contributed by atoms with Crippen molar-refractivity contribution >= 4 is 21.7 Å². The van der Waals surface area contributed by atoms with Crippen LogP contribution in [0.1, 0.15) is 26.0 Å². The van der Waals surface area contributed by atoms with E-state index in [1.54, 1.807) is 0 Å². The van der Waals surface area contributed by atoms with Crippen LogP contribution in [0.3, 0.4) is 0 Å². The van der Waals surface area contributed by atoms with E-state index in [-0.39, 0.29) is 0 Å². The average molecular weight is 233 g/mol. The summed E-state index contributed by atoms with van der Waals surface area (Å²) in [6, 6.07) is 0.